The van der Waals surface area contributed by atoms with Crippen LogP contribution in [0.25, 0.3) is 0 Å². The summed E-state index contributed by atoms with van der Waals surface area (Å²) in [6.45, 7) is 9.11. The molecule has 0 aliphatic carbocycles. The van der Waals surface area contributed by atoms with E-state index in [1.165, 1.54) is 9.80 Å². The average molecular weight is 857 g/mol. The summed E-state index contributed by atoms with van der Waals surface area (Å²) in [6, 6.07) is -4.29. The Morgan fingerprint density at radius 3 is 1.68 bits per heavy atom. The van der Waals surface area contributed by atoms with Crippen LogP contribution in [0.1, 0.15) is 72.1 Å². The zero-order valence-corrected chi connectivity index (χ0v) is 33.6. The first-order valence-electron chi connectivity index (χ1n) is 18.7. The van der Waals surface area contributed by atoms with Crippen molar-refractivity contribution in [3.8, 4) is 0 Å². The highest BCUT2D eigenvalue weighted by molar-refractivity contribution is 7.81. The van der Waals surface area contributed by atoms with Crippen molar-refractivity contribution in [2.45, 2.75) is 102 Å². The highest BCUT2D eigenvalue weighted by atomic mass is 32.3. The van der Waals surface area contributed by atoms with Gasteiger partial charge >= 0.3 is 39.0 Å². The van der Waals surface area contributed by atoms with Crippen LogP contribution in [-0.4, -0.2) is 163 Å². The summed E-state index contributed by atoms with van der Waals surface area (Å²) in [5.41, 5.74) is 4.15. The van der Waals surface area contributed by atoms with Gasteiger partial charge in [-0.1, -0.05) is 0 Å². The summed E-state index contributed by atoms with van der Waals surface area (Å²) in [7, 11) is -9.64. The molecule has 0 radical (unpaired) electrons. The van der Waals surface area contributed by atoms with Crippen molar-refractivity contribution in [2.75, 3.05) is 52.5 Å². The van der Waals surface area contributed by atoms with Gasteiger partial charge in [0.1, 0.15) is 17.7 Å². The number of carbonyl (C=O) groups excluding carboxylic acids is 5. The van der Waals surface area contributed by atoms with Gasteiger partial charge in [-0.05, 0) is 84.6 Å². The SMILES string of the molecule is CC(C)(C)OC(=O)N1CCCC(CONC(=O)[C@@H]2CC[C@@H]3CN2C(=O)N3OS(=O)(=O)O)C1.O=C(NOCC1CCCNC1)[C@@H]1CC[C@@H]2CN1C(=O)N2OS(=O)(=O)O. The lowest BCUT2D eigenvalue weighted by molar-refractivity contribution is -0.140. The molecule has 0 aromatic carbocycles. The van der Waals surface area contributed by atoms with E-state index in [2.05, 4.69) is 24.8 Å². The molecule has 324 valence electrons. The van der Waals surface area contributed by atoms with Crippen molar-refractivity contribution in [1.82, 2.24) is 41.1 Å². The van der Waals surface area contributed by atoms with Crippen LogP contribution in [0.15, 0.2) is 0 Å². The molecule has 0 saturated carbocycles. The number of likely N-dealkylation sites (tertiary alicyclic amines) is 1. The van der Waals surface area contributed by atoms with Gasteiger partial charge < -0.3 is 24.8 Å². The van der Waals surface area contributed by atoms with Gasteiger partial charge in [0.05, 0.1) is 25.3 Å². The molecule has 6 aliphatic rings. The van der Waals surface area contributed by atoms with E-state index in [0.29, 0.717) is 55.0 Å². The van der Waals surface area contributed by atoms with E-state index in [1.807, 2.05) is 0 Å². The van der Waals surface area contributed by atoms with E-state index < -0.39 is 74.4 Å². The molecule has 6 fully saturated rings. The predicted molar refractivity (Wildman–Crippen MR) is 191 cm³/mol. The number of carbonyl (C=O) groups is 5. The van der Waals surface area contributed by atoms with E-state index in [-0.39, 0.29) is 38.1 Å². The maximum Gasteiger partial charge on any atom is 0.418 e. The second-order valence-electron chi connectivity index (χ2n) is 15.7. The molecule has 5 N–H and O–H groups in total. The number of amides is 7. The molecule has 6 saturated heterocycles. The monoisotopic (exact) mass is 856 g/mol. The van der Waals surface area contributed by atoms with Crippen LogP contribution in [-0.2, 0) is 53.4 Å². The maximum absolute atomic E-state index is 12.6. The van der Waals surface area contributed by atoms with Crippen molar-refractivity contribution in [1.29, 1.82) is 0 Å². The Hall–Kier alpha value is -3.63. The summed E-state index contributed by atoms with van der Waals surface area (Å²) in [5.74, 6) is -0.647. The summed E-state index contributed by atoms with van der Waals surface area (Å²) in [6.07, 6.45) is 4.66. The number of nitrogens with one attached hydrogen (secondary N) is 3. The highest BCUT2D eigenvalue weighted by Gasteiger charge is 2.50. The first kappa shape index (κ1) is 44.5. The number of ether oxygens (including phenoxy) is 1. The van der Waals surface area contributed by atoms with Crippen LogP contribution in [0.5, 0.6) is 0 Å². The Morgan fingerprint density at radius 2 is 1.23 bits per heavy atom. The number of hydrogen-bond acceptors (Lipinski definition) is 15. The molecular weight excluding hydrogens is 805 g/mol. The average Bonchev–Trinajstić information content (AvgIpc) is 3.49. The van der Waals surface area contributed by atoms with Gasteiger partial charge in [-0.15, -0.1) is 8.57 Å². The molecule has 26 heteroatoms. The molecule has 6 rings (SSSR count). The molecule has 57 heavy (non-hydrogen) atoms. The van der Waals surface area contributed by atoms with E-state index in [0.717, 1.165) is 38.8 Å². The molecule has 7 amide bonds. The Kier molecular flexibility index (Phi) is 14.5. The first-order valence-corrected chi connectivity index (χ1v) is 21.5. The number of fused-ring (bicyclic) bond motifs is 4. The van der Waals surface area contributed by atoms with Gasteiger partial charge in [-0.25, -0.2) is 25.3 Å². The molecule has 6 aliphatic heterocycles. The lowest BCUT2D eigenvalue weighted by Gasteiger charge is -2.34. The van der Waals surface area contributed by atoms with Crippen LogP contribution in [0.2, 0.25) is 0 Å². The highest BCUT2D eigenvalue weighted by Crippen LogP contribution is 2.32. The fourth-order valence-corrected chi connectivity index (χ4v) is 8.34. The zero-order chi connectivity index (χ0) is 41.7. The van der Waals surface area contributed by atoms with Crippen LogP contribution in [0, 0.1) is 11.8 Å². The maximum atomic E-state index is 12.6. The Bertz CT molecular complexity index is 1710. The normalized spacial score (nSPS) is 27.8. The Morgan fingerprint density at radius 1 is 0.737 bits per heavy atom. The first-order chi connectivity index (χ1) is 26.7. The van der Waals surface area contributed by atoms with Crippen LogP contribution >= 0.6 is 0 Å². The fraction of sp³-hybridized carbons (Fsp3) is 0.839. The van der Waals surface area contributed by atoms with Crippen molar-refractivity contribution < 1.29 is 72.9 Å². The van der Waals surface area contributed by atoms with Crippen LogP contribution < -0.4 is 16.3 Å². The van der Waals surface area contributed by atoms with Gasteiger partial charge in [-0.2, -0.15) is 27.0 Å². The van der Waals surface area contributed by atoms with Crippen molar-refractivity contribution in [3.63, 3.8) is 0 Å². The van der Waals surface area contributed by atoms with Gasteiger partial charge in [0, 0.05) is 38.6 Å². The van der Waals surface area contributed by atoms with Crippen molar-refractivity contribution in [3.05, 3.63) is 0 Å². The second kappa shape index (κ2) is 18.5. The summed E-state index contributed by atoms with van der Waals surface area (Å²) in [4.78, 5) is 76.4. The molecule has 6 heterocycles. The van der Waals surface area contributed by atoms with E-state index in [4.69, 9.17) is 23.5 Å². The minimum absolute atomic E-state index is 0.0133. The molecule has 0 aromatic rings. The van der Waals surface area contributed by atoms with Crippen molar-refractivity contribution >= 4 is 50.8 Å². The van der Waals surface area contributed by atoms with Gasteiger partial charge in [0.25, 0.3) is 11.8 Å². The summed E-state index contributed by atoms with van der Waals surface area (Å²) in [5, 5.41) is 4.44. The quantitative estimate of drug-likeness (QED) is 0.125. The van der Waals surface area contributed by atoms with E-state index >= 15 is 0 Å². The molecule has 6 atom stereocenters. The molecule has 24 nitrogen and oxygen atoms in total. The zero-order valence-electron chi connectivity index (χ0n) is 31.9. The largest absolute Gasteiger partial charge is 0.444 e. The molecule has 2 unspecified atom stereocenters. The number of piperidine rings is 4. The third-order valence-electron chi connectivity index (χ3n) is 10.2. The second-order valence-corrected chi connectivity index (χ2v) is 17.7. The number of rotatable bonds is 12. The van der Waals surface area contributed by atoms with E-state index in [9.17, 15) is 40.8 Å². The van der Waals surface area contributed by atoms with Crippen molar-refractivity contribution in [2.24, 2.45) is 11.8 Å². The minimum Gasteiger partial charge on any atom is -0.444 e. The van der Waals surface area contributed by atoms with Gasteiger partial charge in [-0.3, -0.25) is 28.4 Å². The molecule has 0 aromatic heterocycles. The molecule has 4 bridgehead atoms. The molecular formula is C31H52N8O16S2. The number of hydroxylamine groups is 6. The van der Waals surface area contributed by atoms with Crippen LogP contribution in [0.4, 0.5) is 14.4 Å². The molecule has 0 spiro atoms. The standard InChI is InChI=1S/C18H30N4O9S.C13H22N4O7S/c1-18(2,3)30-17(25)20-8-4-5-12(9-20)11-29-19-15(23)14-7-6-13-10-21(14)16(24)22(13)31-32(26,27)28;18-12(15-23-8-9-2-1-5-14-6-9)11-4-3-10-7-16(11)13(19)17(10)24-25(20,21)22/h12-14H,4-11H2,1-3H3,(H,19,23)(H,26,27,28);9-11,14H,1-8H2,(H,15,18)(H,20,21,22)/t12?,13-,14+;9?,10-,11+/m11/s1. The topological polar surface area (TPSA) is 293 Å². The minimum atomic E-state index is -4.85. The van der Waals surface area contributed by atoms with Gasteiger partial charge in [0.15, 0.2) is 0 Å². The number of nitrogens with zero attached hydrogens (tertiary/aromatic N) is 5. The smallest absolute Gasteiger partial charge is 0.418 e. The Balaban J connectivity index is 0.000000224. The van der Waals surface area contributed by atoms with E-state index in [1.54, 1.807) is 25.7 Å². The fourth-order valence-electron chi connectivity index (χ4n) is 7.57. The van der Waals surface area contributed by atoms with Gasteiger partial charge in [0.2, 0.25) is 0 Å². The third kappa shape index (κ3) is 12.4. The number of hydrogen-bond donors (Lipinski definition) is 5. The van der Waals surface area contributed by atoms with Crippen LogP contribution in [0.3, 0.4) is 0 Å². The summed E-state index contributed by atoms with van der Waals surface area (Å²) < 4.78 is 75.2. The lowest BCUT2D eigenvalue weighted by atomic mass is 9.99. The Labute approximate surface area is 330 Å². The third-order valence-corrected chi connectivity index (χ3v) is 10.9. The number of urea groups is 2. The predicted octanol–water partition coefficient (Wildman–Crippen LogP) is -0.279. The lowest BCUT2D eigenvalue weighted by Crippen LogP contribution is -2.50. The summed E-state index contributed by atoms with van der Waals surface area (Å²) >= 11 is 0.